The standard InChI is InChI=1S/C25H29NO3.C3H4O4/c27-24(29-23-13-17-28-18-14-23)19-26-15-11-22(12-16-26)25(20-7-3-1-4-8-20)21-9-5-2-6-10-21;1-2-3-5-7-6-4/h1-10,23H,11-19H2;1,4H,3H2. The molecule has 2 fully saturated rings. The van der Waals surface area contributed by atoms with Crippen LogP contribution in [0.15, 0.2) is 66.2 Å². The Morgan fingerprint density at radius 3 is 2.11 bits per heavy atom. The van der Waals surface area contributed by atoms with E-state index in [-0.39, 0.29) is 18.7 Å². The molecule has 0 unspecified atom stereocenters. The van der Waals surface area contributed by atoms with Crippen LogP contribution in [0.4, 0.5) is 0 Å². The Bertz CT molecular complexity index is 930. The van der Waals surface area contributed by atoms with Crippen LogP contribution in [0.25, 0.3) is 5.57 Å². The number of piperidine rings is 1. The second-order valence-electron chi connectivity index (χ2n) is 8.40. The molecule has 0 atom stereocenters. The molecule has 2 aromatic carbocycles. The van der Waals surface area contributed by atoms with Gasteiger partial charge in [0.2, 0.25) is 0 Å². The van der Waals surface area contributed by atoms with Crippen molar-refractivity contribution in [3.05, 3.63) is 77.4 Å². The van der Waals surface area contributed by atoms with Gasteiger partial charge in [0.25, 0.3) is 0 Å². The number of esters is 1. The Hall–Kier alpha value is -3.03. The summed E-state index contributed by atoms with van der Waals surface area (Å²) in [7, 11) is 0. The largest absolute Gasteiger partial charge is 0.461 e. The minimum absolute atomic E-state index is 0.0271. The van der Waals surface area contributed by atoms with Crippen LogP contribution in [0.2, 0.25) is 0 Å². The average Bonchev–Trinajstić information content (AvgIpc) is 2.92. The van der Waals surface area contributed by atoms with Gasteiger partial charge in [0.15, 0.2) is 0 Å². The number of carbonyl (C=O) groups excluding carboxylic acids is 1. The molecular formula is C28H33NO7. The van der Waals surface area contributed by atoms with Gasteiger partial charge in [-0.1, -0.05) is 72.2 Å². The lowest BCUT2D eigenvalue weighted by Crippen LogP contribution is -2.38. The van der Waals surface area contributed by atoms with E-state index in [4.69, 9.17) is 14.7 Å². The highest BCUT2D eigenvalue weighted by Crippen LogP contribution is 2.32. The fourth-order valence-corrected chi connectivity index (χ4v) is 4.29. The van der Waals surface area contributed by atoms with Crippen LogP contribution < -0.4 is 0 Å². The van der Waals surface area contributed by atoms with E-state index >= 15 is 0 Å². The van der Waals surface area contributed by atoms with Gasteiger partial charge < -0.3 is 9.47 Å². The molecule has 2 heterocycles. The van der Waals surface area contributed by atoms with E-state index in [9.17, 15) is 4.79 Å². The molecule has 2 aliphatic rings. The van der Waals surface area contributed by atoms with Gasteiger partial charge in [0.1, 0.15) is 12.7 Å². The lowest BCUT2D eigenvalue weighted by molar-refractivity contribution is -0.620. The molecule has 0 amide bonds. The number of nitrogens with zero attached hydrogens (tertiary/aromatic N) is 1. The maximum Gasteiger partial charge on any atom is 0.320 e. The second kappa shape index (κ2) is 15.9. The van der Waals surface area contributed by atoms with Gasteiger partial charge >= 0.3 is 5.97 Å². The van der Waals surface area contributed by atoms with E-state index < -0.39 is 0 Å². The Balaban J connectivity index is 0.000000454. The third kappa shape index (κ3) is 9.21. The average molecular weight is 496 g/mol. The van der Waals surface area contributed by atoms with E-state index in [1.807, 2.05) is 0 Å². The van der Waals surface area contributed by atoms with Crippen molar-refractivity contribution < 1.29 is 34.5 Å². The van der Waals surface area contributed by atoms with Crippen LogP contribution in [0.5, 0.6) is 0 Å². The van der Waals surface area contributed by atoms with Crippen LogP contribution in [0.1, 0.15) is 36.8 Å². The van der Waals surface area contributed by atoms with E-state index in [0.717, 1.165) is 38.8 Å². The zero-order chi connectivity index (χ0) is 25.4. The predicted octanol–water partition coefficient (Wildman–Crippen LogP) is 4.28. The molecule has 1 N–H and O–H groups in total. The summed E-state index contributed by atoms with van der Waals surface area (Å²) in [6.07, 6.45) is 8.29. The summed E-state index contributed by atoms with van der Waals surface area (Å²) in [4.78, 5) is 18.5. The summed E-state index contributed by atoms with van der Waals surface area (Å²) < 4.78 is 11.0. The molecule has 0 aromatic heterocycles. The zero-order valence-electron chi connectivity index (χ0n) is 20.3. The minimum Gasteiger partial charge on any atom is -0.461 e. The molecule has 0 aliphatic carbocycles. The lowest BCUT2D eigenvalue weighted by Gasteiger charge is -2.30. The van der Waals surface area contributed by atoms with Crippen molar-refractivity contribution in [1.29, 1.82) is 0 Å². The molecule has 4 rings (SSSR count). The van der Waals surface area contributed by atoms with Gasteiger partial charge in [-0.3, -0.25) is 9.69 Å². The lowest BCUT2D eigenvalue weighted by atomic mass is 9.88. The Labute approximate surface area is 212 Å². The second-order valence-corrected chi connectivity index (χ2v) is 8.40. The van der Waals surface area contributed by atoms with Crippen molar-refractivity contribution in [2.75, 3.05) is 39.5 Å². The topological polar surface area (TPSA) is 86.7 Å². The molecule has 0 radical (unpaired) electrons. The molecule has 2 saturated heterocycles. The Morgan fingerprint density at radius 2 is 1.58 bits per heavy atom. The van der Waals surface area contributed by atoms with Gasteiger partial charge in [-0.15, -0.1) is 6.42 Å². The summed E-state index contributed by atoms with van der Waals surface area (Å²) >= 11 is 0. The monoisotopic (exact) mass is 495 g/mol. The molecule has 192 valence electrons. The first-order chi connectivity index (χ1) is 17.7. The summed E-state index contributed by atoms with van der Waals surface area (Å²) in [6.45, 7) is 3.50. The summed E-state index contributed by atoms with van der Waals surface area (Å²) in [5.41, 5.74) is 5.34. The number of benzene rings is 2. The number of ether oxygens (including phenoxy) is 2. The highest BCUT2D eigenvalue weighted by molar-refractivity contribution is 5.82. The van der Waals surface area contributed by atoms with E-state index in [2.05, 4.69) is 92.9 Å². The summed E-state index contributed by atoms with van der Waals surface area (Å²) in [5, 5.41) is 13.9. The molecule has 0 saturated carbocycles. The number of terminal acetylenes is 1. The minimum atomic E-state index is -0.101. The smallest absolute Gasteiger partial charge is 0.320 e. The number of carbonyl (C=O) groups is 1. The fraction of sp³-hybridized carbons (Fsp3) is 0.393. The van der Waals surface area contributed by atoms with Crippen molar-refractivity contribution >= 4 is 11.5 Å². The van der Waals surface area contributed by atoms with Gasteiger partial charge in [-0.05, 0) is 39.6 Å². The molecule has 2 aliphatic heterocycles. The molecule has 0 spiro atoms. The fourth-order valence-electron chi connectivity index (χ4n) is 4.29. The van der Waals surface area contributed by atoms with Crippen molar-refractivity contribution in [2.45, 2.75) is 31.8 Å². The van der Waals surface area contributed by atoms with Crippen LogP contribution in [-0.4, -0.2) is 61.7 Å². The Morgan fingerprint density at radius 1 is 1.00 bits per heavy atom. The maximum absolute atomic E-state index is 12.3. The summed E-state index contributed by atoms with van der Waals surface area (Å²) in [6, 6.07) is 21.3. The van der Waals surface area contributed by atoms with E-state index in [1.54, 1.807) is 0 Å². The van der Waals surface area contributed by atoms with Gasteiger partial charge in [0.05, 0.1) is 19.8 Å². The van der Waals surface area contributed by atoms with Crippen LogP contribution in [0, 0.1) is 12.3 Å². The highest BCUT2D eigenvalue weighted by atomic mass is 17.6. The molecular weight excluding hydrogens is 462 g/mol. The SMILES string of the molecule is C#CCOOOO.O=C(CN1CCC(=C(c2ccccc2)c2ccccc2)CC1)OC1CCOCC1. The van der Waals surface area contributed by atoms with Gasteiger partial charge in [-0.2, -0.15) is 4.89 Å². The molecule has 2 aromatic rings. The van der Waals surface area contributed by atoms with Crippen molar-refractivity contribution in [2.24, 2.45) is 0 Å². The zero-order valence-corrected chi connectivity index (χ0v) is 20.3. The van der Waals surface area contributed by atoms with Crippen molar-refractivity contribution in [1.82, 2.24) is 4.90 Å². The first kappa shape index (κ1) is 27.6. The third-order valence-corrected chi connectivity index (χ3v) is 5.98. The normalized spacial score (nSPS) is 16.4. The number of hydrogen-bond donors (Lipinski definition) is 1. The maximum atomic E-state index is 12.3. The molecule has 36 heavy (non-hydrogen) atoms. The van der Waals surface area contributed by atoms with E-state index in [0.29, 0.717) is 19.8 Å². The van der Waals surface area contributed by atoms with E-state index in [1.165, 1.54) is 22.3 Å². The quantitative estimate of drug-likeness (QED) is 0.191. The first-order valence-electron chi connectivity index (χ1n) is 12.1. The summed E-state index contributed by atoms with van der Waals surface area (Å²) in [5.74, 6) is 1.96. The number of likely N-dealkylation sites (tertiary alicyclic amines) is 1. The molecule has 8 heteroatoms. The van der Waals surface area contributed by atoms with Crippen molar-refractivity contribution in [3.63, 3.8) is 0 Å². The van der Waals surface area contributed by atoms with Gasteiger partial charge in [-0.25, -0.2) is 5.26 Å². The van der Waals surface area contributed by atoms with Crippen molar-refractivity contribution in [3.8, 4) is 12.3 Å². The third-order valence-electron chi connectivity index (χ3n) is 5.98. The van der Waals surface area contributed by atoms with Crippen LogP contribution in [0.3, 0.4) is 0 Å². The first-order valence-corrected chi connectivity index (χ1v) is 12.1. The molecule has 8 nitrogen and oxygen atoms in total. The molecule has 0 bridgehead atoms. The van der Waals surface area contributed by atoms with Crippen LogP contribution >= 0.6 is 0 Å². The highest BCUT2D eigenvalue weighted by Gasteiger charge is 2.23. The van der Waals surface area contributed by atoms with Crippen LogP contribution in [-0.2, 0) is 29.2 Å². The number of rotatable bonds is 8. The number of hydrogen-bond acceptors (Lipinski definition) is 8. The Kier molecular flexibility index (Phi) is 12.1. The predicted molar refractivity (Wildman–Crippen MR) is 134 cm³/mol. The van der Waals surface area contributed by atoms with Gasteiger partial charge in [0, 0.05) is 25.9 Å².